The first-order valence-electron chi connectivity index (χ1n) is 5.24. The van der Waals surface area contributed by atoms with Gasteiger partial charge >= 0.3 is 0 Å². The van der Waals surface area contributed by atoms with Crippen molar-refractivity contribution < 1.29 is 4.79 Å². The van der Waals surface area contributed by atoms with E-state index in [1.807, 2.05) is 17.8 Å². The lowest BCUT2D eigenvalue weighted by atomic mass is 10.4. The first-order valence-corrected chi connectivity index (χ1v) is 5.24. The van der Waals surface area contributed by atoms with Crippen LogP contribution in [0.3, 0.4) is 0 Å². The number of rotatable bonds is 3. The van der Waals surface area contributed by atoms with Crippen molar-refractivity contribution in [1.82, 2.24) is 19.4 Å². The zero-order valence-electron chi connectivity index (χ0n) is 9.84. The number of nitrogens with two attached hydrogens (primary N) is 1. The summed E-state index contributed by atoms with van der Waals surface area (Å²) in [6.45, 7) is 0.396. The van der Waals surface area contributed by atoms with E-state index in [2.05, 4.69) is 10.3 Å². The average Bonchev–Trinajstić information content (AvgIpc) is 2.81. The summed E-state index contributed by atoms with van der Waals surface area (Å²) in [6, 6.07) is 1.65. The van der Waals surface area contributed by atoms with Gasteiger partial charge in [0.25, 0.3) is 5.91 Å². The summed E-state index contributed by atoms with van der Waals surface area (Å²) in [5.74, 6) is 0.646. The predicted molar refractivity (Wildman–Crippen MR) is 64.2 cm³/mol. The predicted octanol–water partition coefficient (Wildman–Crippen LogP) is 0.271. The Morgan fingerprint density at radius 1 is 1.47 bits per heavy atom. The first kappa shape index (κ1) is 11.3. The Morgan fingerprint density at radius 3 is 2.76 bits per heavy atom. The van der Waals surface area contributed by atoms with E-state index in [0.717, 1.165) is 5.82 Å². The van der Waals surface area contributed by atoms with Crippen LogP contribution in [0.2, 0.25) is 0 Å². The van der Waals surface area contributed by atoms with E-state index in [1.54, 1.807) is 30.1 Å². The number of hydrogen-bond donors (Lipinski definition) is 2. The zero-order valence-corrected chi connectivity index (χ0v) is 9.84. The van der Waals surface area contributed by atoms with Crippen molar-refractivity contribution in [2.45, 2.75) is 6.54 Å². The van der Waals surface area contributed by atoms with Crippen LogP contribution in [-0.4, -0.2) is 20.0 Å². The number of carbonyl (C=O) groups is 1. The van der Waals surface area contributed by atoms with E-state index in [4.69, 9.17) is 5.73 Å². The van der Waals surface area contributed by atoms with E-state index >= 15 is 0 Å². The van der Waals surface area contributed by atoms with Gasteiger partial charge in [0.15, 0.2) is 0 Å². The highest BCUT2D eigenvalue weighted by Gasteiger charge is 2.11. The number of imidazole rings is 1. The third-order valence-corrected chi connectivity index (χ3v) is 2.59. The largest absolute Gasteiger partial charge is 0.397 e. The maximum atomic E-state index is 11.9. The molecule has 0 spiro atoms. The van der Waals surface area contributed by atoms with Gasteiger partial charge in [-0.3, -0.25) is 4.79 Å². The third-order valence-electron chi connectivity index (χ3n) is 2.59. The SMILES string of the molecule is Cn1cc(N)cc1C(=O)NCc1nccn1C. The smallest absolute Gasteiger partial charge is 0.268 e. The molecule has 2 rings (SSSR count). The topological polar surface area (TPSA) is 77.9 Å². The number of nitrogen functional groups attached to an aromatic ring is 1. The van der Waals surface area contributed by atoms with Gasteiger partial charge in [-0.25, -0.2) is 4.98 Å². The van der Waals surface area contributed by atoms with Gasteiger partial charge < -0.3 is 20.2 Å². The fraction of sp³-hybridized carbons (Fsp3) is 0.273. The number of anilines is 1. The summed E-state index contributed by atoms with van der Waals surface area (Å²) in [5.41, 5.74) is 6.73. The molecule has 0 bridgehead atoms. The van der Waals surface area contributed by atoms with Crippen molar-refractivity contribution in [2.75, 3.05) is 5.73 Å². The molecule has 0 aliphatic heterocycles. The Hall–Kier alpha value is -2.24. The molecule has 90 valence electrons. The van der Waals surface area contributed by atoms with Crippen LogP contribution in [0.15, 0.2) is 24.7 Å². The molecule has 2 heterocycles. The first-order chi connectivity index (χ1) is 8.08. The van der Waals surface area contributed by atoms with Gasteiger partial charge in [0.2, 0.25) is 0 Å². The molecule has 0 atom stereocenters. The van der Waals surface area contributed by atoms with Crippen molar-refractivity contribution in [1.29, 1.82) is 0 Å². The number of hydrogen-bond acceptors (Lipinski definition) is 3. The quantitative estimate of drug-likeness (QED) is 0.798. The van der Waals surface area contributed by atoms with Gasteiger partial charge in [-0.1, -0.05) is 0 Å². The van der Waals surface area contributed by atoms with Crippen molar-refractivity contribution in [3.63, 3.8) is 0 Å². The van der Waals surface area contributed by atoms with E-state index in [1.165, 1.54) is 0 Å². The van der Waals surface area contributed by atoms with Crippen molar-refractivity contribution in [2.24, 2.45) is 14.1 Å². The van der Waals surface area contributed by atoms with Gasteiger partial charge in [-0.05, 0) is 6.07 Å². The number of carbonyl (C=O) groups excluding carboxylic acids is 1. The number of nitrogens with zero attached hydrogens (tertiary/aromatic N) is 3. The van der Waals surface area contributed by atoms with Crippen LogP contribution in [0.1, 0.15) is 16.3 Å². The second-order valence-electron chi connectivity index (χ2n) is 3.91. The van der Waals surface area contributed by atoms with E-state index in [-0.39, 0.29) is 5.91 Å². The Kier molecular flexibility index (Phi) is 2.86. The van der Waals surface area contributed by atoms with Gasteiger partial charge in [0, 0.05) is 32.7 Å². The molecular weight excluding hydrogens is 218 g/mol. The molecule has 17 heavy (non-hydrogen) atoms. The molecule has 0 radical (unpaired) electrons. The number of nitrogens with one attached hydrogen (secondary N) is 1. The molecule has 2 aromatic heterocycles. The van der Waals surface area contributed by atoms with E-state index < -0.39 is 0 Å². The Balaban J connectivity index is 2.03. The van der Waals surface area contributed by atoms with Crippen LogP contribution < -0.4 is 11.1 Å². The summed E-state index contributed by atoms with van der Waals surface area (Å²) in [4.78, 5) is 16.0. The molecule has 3 N–H and O–H groups in total. The monoisotopic (exact) mass is 233 g/mol. The second-order valence-corrected chi connectivity index (χ2v) is 3.91. The molecular formula is C11H15N5O. The summed E-state index contributed by atoms with van der Waals surface area (Å²) in [6.07, 6.45) is 5.24. The molecule has 2 aromatic rings. The Bertz CT molecular complexity index is 540. The minimum Gasteiger partial charge on any atom is -0.397 e. The molecule has 0 aliphatic rings. The maximum Gasteiger partial charge on any atom is 0.268 e. The normalized spacial score (nSPS) is 10.5. The molecule has 0 fully saturated rings. The lowest BCUT2D eigenvalue weighted by Crippen LogP contribution is -2.26. The van der Waals surface area contributed by atoms with Crippen LogP contribution >= 0.6 is 0 Å². The Morgan fingerprint density at radius 2 is 2.24 bits per heavy atom. The van der Waals surface area contributed by atoms with Crippen molar-refractivity contribution in [3.8, 4) is 0 Å². The van der Waals surface area contributed by atoms with E-state index in [0.29, 0.717) is 17.9 Å². The maximum absolute atomic E-state index is 11.9. The highest BCUT2D eigenvalue weighted by Crippen LogP contribution is 2.08. The lowest BCUT2D eigenvalue weighted by molar-refractivity contribution is 0.0941. The molecule has 0 saturated carbocycles. The highest BCUT2D eigenvalue weighted by molar-refractivity contribution is 5.93. The van der Waals surface area contributed by atoms with Gasteiger partial charge in [-0.2, -0.15) is 0 Å². The van der Waals surface area contributed by atoms with Crippen LogP contribution in [0, 0.1) is 0 Å². The summed E-state index contributed by atoms with van der Waals surface area (Å²) >= 11 is 0. The second kappa shape index (κ2) is 4.32. The molecule has 0 aromatic carbocycles. The standard InChI is InChI=1S/C11H15N5O/c1-15-4-3-13-10(15)6-14-11(17)9-5-8(12)7-16(9)2/h3-5,7H,6,12H2,1-2H3,(H,14,17). The fourth-order valence-electron chi connectivity index (χ4n) is 1.63. The summed E-state index contributed by atoms with van der Waals surface area (Å²) < 4.78 is 3.56. The Labute approximate surface area is 99.1 Å². The van der Waals surface area contributed by atoms with E-state index in [9.17, 15) is 4.79 Å². The van der Waals surface area contributed by atoms with Crippen LogP contribution in [-0.2, 0) is 20.6 Å². The molecule has 0 saturated heterocycles. The third kappa shape index (κ3) is 2.30. The minimum atomic E-state index is -0.160. The molecule has 0 unspecified atom stereocenters. The summed E-state index contributed by atoms with van der Waals surface area (Å²) in [7, 11) is 3.67. The minimum absolute atomic E-state index is 0.160. The molecule has 6 nitrogen and oxygen atoms in total. The lowest BCUT2D eigenvalue weighted by Gasteiger charge is -2.05. The van der Waals surface area contributed by atoms with Crippen molar-refractivity contribution >= 4 is 11.6 Å². The van der Waals surface area contributed by atoms with Gasteiger partial charge in [-0.15, -0.1) is 0 Å². The van der Waals surface area contributed by atoms with Crippen LogP contribution in [0.5, 0.6) is 0 Å². The van der Waals surface area contributed by atoms with Crippen LogP contribution in [0.4, 0.5) is 5.69 Å². The zero-order chi connectivity index (χ0) is 12.4. The highest BCUT2D eigenvalue weighted by atomic mass is 16.1. The number of amides is 1. The molecule has 1 amide bonds. The number of aryl methyl sites for hydroxylation is 2. The molecule has 6 heteroatoms. The fourth-order valence-corrected chi connectivity index (χ4v) is 1.63. The summed E-state index contributed by atoms with van der Waals surface area (Å²) in [5, 5.41) is 2.80. The molecule has 0 aliphatic carbocycles. The van der Waals surface area contributed by atoms with Crippen molar-refractivity contribution in [3.05, 3.63) is 36.2 Å². The average molecular weight is 233 g/mol. The van der Waals surface area contributed by atoms with Gasteiger partial charge in [0.05, 0.1) is 12.2 Å². The van der Waals surface area contributed by atoms with Crippen LogP contribution in [0.25, 0.3) is 0 Å². The number of aromatic nitrogens is 3. The van der Waals surface area contributed by atoms with Gasteiger partial charge in [0.1, 0.15) is 11.5 Å².